The van der Waals surface area contributed by atoms with Crippen LogP contribution in [0.25, 0.3) is 0 Å². The Labute approximate surface area is 229 Å². The third-order valence-corrected chi connectivity index (χ3v) is 8.21. The van der Waals surface area contributed by atoms with Gasteiger partial charge in [-0.15, -0.1) is 0 Å². The van der Waals surface area contributed by atoms with E-state index in [2.05, 4.69) is 6.92 Å². The number of rotatable bonds is 12. The molecule has 0 bridgehead atoms. The van der Waals surface area contributed by atoms with Crippen molar-refractivity contribution in [3.05, 3.63) is 29.3 Å². The number of unbranched alkanes of at least 4 members (excludes halogenated alkanes) is 1. The normalized spacial score (nSPS) is 23.2. The molecule has 1 unspecified atom stereocenters. The zero-order valence-corrected chi connectivity index (χ0v) is 23.0. The number of aliphatic carboxylic acids is 1. The largest absolute Gasteiger partial charge is 0.493 e. The maximum absolute atomic E-state index is 13.4. The number of urea groups is 1. The molecule has 4 amide bonds. The van der Waals surface area contributed by atoms with Gasteiger partial charge in [-0.05, 0) is 30.0 Å². The van der Waals surface area contributed by atoms with Crippen LogP contribution in [0.2, 0.25) is 0 Å². The second kappa shape index (κ2) is 12.8. The third-order valence-electron chi connectivity index (χ3n) is 8.21. The molecule has 1 aromatic carbocycles. The molecular weight excluding hydrogens is 502 g/mol. The molecule has 0 saturated carbocycles. The van der Waals surface area contributed by atoms with Crippen LogP contribution in [0.1, 0.15) is 49.7 Å². The van der Waals surface area contributed by atoms with Gasteiger partial charge in [0.05, 0.1) is 19.1 Å². The van der Waals surface area contributed by atoms with E-state index >= 15 is 0 Å². The minimum Gasteiger partial charge on any atom is -0.493 e. The summed E-state index contributed by atoms with van der Waals surface area (Å²) in [6, 6.07) is 4.94. The first kappa shape index (κ1) is 28.8. The lowest BCUT2D eigenvalue weighted by Gasteiger charge is -2.34. The van der Waals surface area contributed by atoms with Crippen LogP contribution in [-0.2, 0) is 20.8 Å². The van der Waals surface area contributed by atoms with Crippen LogP contribution in [0.15, 0.2) is 18.2 Å². The van der Waals surface area contributed by atoms with Crippen molar-refractivity contribution in [2.24, 2.45) is 11.7 Å². The number of fused-ring (bicyclic) bond motifs is 1. The fraction of sp³-hybridized carbons (Fsp3) is 0.643. The molecule has 0 radical (unpaired) electrons. The first-order chi connectivity index (χ1) is 18.7. The number of carbonyl (C=O) groups is 4. The number of imide groups is 1. The summed E-state index contributed by atoms with van der Waals surface area (Å²) in [5, 5.41) is 10.4. The van der Waals surface area contributed by atoms with Gasteiger partial charge in [0.15, 0.2) is 0 Å². The quantitative estimate of drug-likeness (QED) is 0.403. The Balaban J connectivity index is 1.60. The van der Waals surface area contributed by atoms with Gasteiger partial charge in [-0.25, -0.2) is 4.79 Å². The molecule has 0 aromatic heterocycles. The Hall–Kier alpha value is -3.18. The van der Waals surface area contributed by atoms with Crippen LogP contribution in [-0.4, -0.2) is 114 Å². The summed E-state index contributed by atoms with van der Waals surface area (Å²) in [5.74, 6) is -1.61. The average molecular weight is 544 g/mol. The molecular formula is C28H41N5O6. The average Bonchev–Trinajstić information content (AvgIpc) is 3.53. The maximum Gasteiger partial charge on any atom is 0.326 e. The number of hydrogen-bond donors (Lipinski definition) is 2. The van der Waals surface area contributed by atoms with Gasteiger partial charge in [0.1, 0.15) is 5.75 Å². The van der Waals surface area contributed by atoms with Gasteiger partial charge in [-0.2, -0.15) is 0 Å². The monoisotopic (exact) mass is 543 g/mol. The highest BCUT2D eigenvalue weighted by Crippen LogP contribution is 2.41. The van der Waals surface area contributed by atoms with Crippen molar-refractivity contribution < 1.29 is 29.0 Å². The molecule has 3 aliphatic rings. The van der Waals surface area contributed by atoms with Crippen molar-refractivity contribution in [3.8, 4) is 5.75 Å². The van der Waals surface area contributed by atoms with E-state index in [1.807, 2.05) is 23.1 Å². The number of carboxylic acids is 1. The van der Waals surface area contributed by atoms with Gasteiger partial charge in [-0.3, -0.25) is 24.2 Å². The number of nitrogens with zero attached hydrogens (tertiary/aromatic N) is 4. The number of hydrogen-bond acceptors (Lipinski definition) is 7. The lowest BCUT2D eigenvalue weighted by molar-refractivity contribution is -0.144. The Morgan fingerprint density at radius 1 is 1.21 bits per heavy atom. The van der Waals surface area contributed by atoms with Gasteiger partial charge in [0.25, 0.3) is 0 Å². The molecule has 3 aliphatic heterocycles. The van der Waals surface area contributed by atoms with Crippen molar-refractivity contribution in [1.82, 2.24) is 19.6 Å². The van der Waals surface area contributed by atoms with Crippen LogP contribution in [0.5, 0.6) is 5.75 Å². The molecule has 1 aromatic rings. The predicted octanol–water partition coefficient (Wildman–Crippen LogP) is 1.35. The molecule has 11 nitrogen and oxygen atoms in total. The molecule has 3 heterocycles. The SMILES string of the molecule is CCCCN(CCN)C(=O)CN1C[C@H](c2ccc3c(c2)CCO3)C(C(=O)O)[C@@H]1CCN1C(=O)CCN(C)C1=O. The van der Waals surface area contributed by atoms with Crippen molar-refractivity contribution >= 4 is 23.8 Å². The first-order valence-electron chi connectivity index (χ1n) is 14.0. The number of carboxylic acid groups (broad SMARTS) is 1. The van der Waals surface area contributed by atoms with Gasteiger partial charge in [0, 0.05) is 71.1 Å². The first-order valence-corrected chi connectivity index (χ1v) is 14.0. The molecule has 4 rings (SSSR count). The van der Waals surface area contributed by atoms with Crippen molar-refractivity contribution in [2.45, 2.75) is 51.0 Å². The fourth-order valence-electron chi connectivity index (χ4n) is 6.06. The second-order valence-corrected chi connectivity index (χ2v) is 10.7. The summed E-state index contributed by atoms with van der Waals surface area (Å²) >= 11 is 0. The van der Waals surface area contributed by atoms with Crippen LogP contribution in [0.4, 0.5) is 4.79 Å². The number of likely N-dealkylation sites (tertiary alicyclic amines) is 1. The van der Waals surface area contributed by atoms with Crippen molar-refractivity contribution in [3.63, 3.8) is 0 Å². The van der Waals surface area contributed by atoms with E-state index in [0.29, 0.717) is 39.3 Å². The summed E-state index contributed by atoms with van der Waals surface area (Å²) < 4.78 is 5.64. The molecule has 3 N–H and O–H groups in total. The summed E-state index contributed by atoms with van der Waals surface area (Å²) in [6.45, 7) is 4.99. The highest BCUT2D eigenvalue weighted by molar-refractivity contribution is 5.96. The summed E-state index contributed by atoms with van der Waals surface area (Å²) in [5.41, 5.74) is 7.74. The third kappa shape index (κ3) is 6.36. The molecule has 214 valence electrons. The molecule has 0 aliphatic carbocycles. The minimum atomic E-state index is -0.949. The van der Waals surface area contributed by atoms with Crippen molar-refractivity contribution in [1.29, 1.82) is 0 Å². The lowest BCUT2D eigenvalue weighted by Crippen LogP contribution is -2.52. The van der Waals surface area contributed by atoms with E-state index in [0.717, 1.165) is 36.1 Å². The Morgan fingerprint density at radius 2 is 2.00 bits per heavy atom. The molecule has 2 saturated heterocycles. The van der Waals surface area contributed by atoms with E-state index < -0.39 is 17.9 Å². The number of benzene rings is 1. The van der Waals surface area contributed by atoms with Gasteiger partial charge in [0.2, 0.25) is 11.8 Å². The van der Waals surface area contributed by atoms with Crippen molar-refractivity contribution in [2.75, 3.05) is 59.5 Å². The van der Waals surface area contributed by atoms with E-state index in [-0.39, 0.29) is 49.7 Å². The number of nitrogens with two attached hydrogens (primary N) is 1. The maximum atomic E-state index is 13.4. The van der Waals surface area contributed by atoms with E-state index in [9.17, 15) is 24.3 Å². The number of carbonyl (C=O) groups excluding carboxylic acids is 3. The van der Waals surface area contributed by atoms with Gasteiger partial charge in [-0.1, -0.05) is 25.5 Å². The van der Waals surface area contributed by atoms with Gasteiger partial charge < -0.3 is 25.4 Å². The molecule has 2 fully saturated rings. The fourth-order valence-corrected chi connectivity index (χ4v) is 6.06. The Kier molecular flexibility index (Phi) is 9.45. The van der Waals surface area contributed by atoms with Gasteiger partial charge >= 0.3 is 12.0 Å². The smallest absolute Gasteiger partial charge is 0.326 e. The summed E-state index contributed by atoms with van der Waals surface area (Å²) in [7, 11) is 1.65. The van der Waals surface area contributed by atoms with E-state index in [1.165, 1.54) is 9.80 Å². The molecule has 0 spiro atoms. The Bertz CT molecular complexity index is 1080. The highest BCUT2D eigenvalue weighted by atomic mass is 16.5. The standard InChI is InChI=1S/C28H41N5O6/c1-3-4-11-31(14-10-29)25(35)18-32-17-21(19-5-6-23-20(16-19)9-15-39-23)26(27(36)37)22(32)7-13-33-24(34)8-12-30(2)28(33)38/h5-6,16,21-22,26H,3-4,7-15,17-18,29H2,1-2H3,(H,36,37)/t21-,22+,26?/m1/s1. The number of amides is 4. The predicted molar refractivity (Wildman–Crippen MR) is 144 cm³/mol. The second-order valence-electron chi connectivity index (χ2n) is 10.7. The summed E-state index contributed by atoms with van der Waals surface area (Å²) in [6.07, 6.45) is 3.09. The molecule has 3 atom stereocenters. The highest BCUT2D eigenvalue weighted by Gasteiger charge is 2.48. The topological polar surface area (TPSA) is 137 Å². The molecule has 39 heavy (non-hydrogen) atoms. The van der Waals surface area contributed by atoms with Crippen LogP contribution in [0, 0.1) is 5.92 Å². The van der Waals surface area contributed by atoms with Crippen LogP contribution >= 0.6 is 0 Å². The Morgan fingerprint density at radius 3 is 2.72 bits per heavy atom. The lowest BCUT2D eigenvalue weighted by atomic mass is 9.83. The van der Waals surface area contributed by atoms with Crippen LogP contribution < -0.4 is 10.5 Å². The zero-order valence-electron chi connectivity index (χ0n) is 23.0. The van der Waals surface area contributed by atoms with E-state index in [1.54, 1.807) is 11.9 Å². The van der Waals surface area contributed by atoms with Crippen LogP contribution in [0.3, 0.4) is 0 Å². The summed E-state index contributed by atoms with van der Waals surface area (Å²) in [4.78, 5) is 57.8. The zero-order chi connectivity index (χ0) is 28.1. The minimum absolute atomic E-state index is 0.0600. The molecule has 11 heteroatoms. The van der Waals surface area contributed by atoms with E-state index in [4.69, 9.17) is 10.5 Å². The number of ether oxygens (including phenoxy) is 1.